The number of nitrogens with zero attached hydrogens (tertiary/aromatic N) is 1. The Morgan fingerprint density at radius 2 is 1.95 bits per heavy atom. The van der Waals surface area contributed by atoms with Gasteiger partial charge in [0.25, 0.3) is 0 Å². The molecule has 0 aliphatic carbocycles. The normalized spacial score (nSPS) is 26.9. The second kappa shape index (κ2) is 5.37. The van der Waals surface area contributed by atoms with Crippen LogP contribution < -0.4 is 0 Å². The molecule has 0 aromatic carbocycles. The molecule has 2 bridgehead atoms. The van der Waals surface area contributed by atoms with Crippen LogP contribution in [0, 0.1) is 0 Å². The summed E-state index contributed by atoms with van der Waals surface area (Å²) in [5.41, 5.74) is 0.886. The van der Waals surface area contributed by atoms with Gasteiger partial charge < -0.3 is 9.47 Å². The smallest absolute Gasteiger partial charge is 0.410 e. The van der Waals surface area contributed by atoms with Crippen molar-refractivity contribution in [3.05, 3.63) is 24.3 Å². The molecule has 0 aromatic rings. The van der Waals surface area contributed by atoms with E-state index in [1.807, 2.05) is 31.7 Å². The number of amides is 1. The standard InChI is InChI=1S/C15H23NO3/c1-5-6-11-7-12-9-18-10-13(8-11)16(12)14(17)19-15(2,3)4/h5-6,12-13H,1,7-10H2,2-4H3. The Kier molecular flexibility index (Phi) is 3.99. The molecule has 0 aromatic heterocycles. The van der Waals surface area contributed by atoms with E-state index >= 15 is 0 Å². The van der Waals surface area contributed by atoms with E-state index in [0.29, 0.717) is 13.2 Å². The monoisotopic (exact) mass is 265 g/mol. The molecule has 4 nitrogen and oxygen atoms in total. The van der Waals surface area contributed by atoms with Gasteiger partial charge in [0.1, 0.15) is 5.60 Å². The van der Waals surface area contributed by atoms with E-state index in [1.165, 1.54) is 5.57 Å². The van der Waals surface area contributed by atoms with Crippen molar-refractivity contribution in [2.45, 2.75) is 51.3 Å². The highest BCUT2D eigenvalue weighted by Gasteiger charge is 2.41. The van der Waals surface area contributed by atoms with E-state index < -0.39 is 5.60 Å². The Balaban J connectivity index is 2.12. The predicted octanol–water partition coefficient (Wildman–Crippen LogP) is 2.90. The second-order valence-corrected chi connectivity index (χ2v) is 6.20. The Morgan fingerprint density at radius 3 is 2.42 bits per heavy atom. The molecule has 2 atom stereocenters. The maximum Gasteiger partial charge on any atom is 0.410 e. The zero-order chi connectivity index (χ0) is 14.0. The first-order valence-corrected chi connectivity index (χ1v) is 6.80. The Labute approximate surface area is 115 Å². The van der Waals surface area contributed by atoms with Gasteiger partial charge >= 0.3 is 6.09 Å². The lowest BCUT2D eigenvalue weighted by Gasteiger charge is -2.46. The number of fused-ring (bicyclic) bond motifs is 2. The van der Waals surface area contributed by atoms with Crippen LogP contribution in [0.4, 0.5) is 4.79 Å². The van der Waals surface area contributed by atoms with E-state index in [2.05, 4.69) is 12.7 Å². The molecule has 2 aliphatic heterocycles. The molecule has 2 heterocycles. The predicted molar refractivity (Wildman–Crippen MR) is 74.0 cm³/mol. The number of hydrogen-bond acceptors (Lipinski definition) is 3. The summed E-state index contributed by atoms with van der Waals surface area (Å²) in [5, 5.41) is 0. The maximum absolute atomic E-state index is 12.3. The van der Waals surface area contributed by atoms with Crippen molar-refractivity contribution in [3.63, 3.8) is 0 Å². The molecular formula is C15H23NO3. The number of morpholine rings is 1. The summed E-state index contributed by atoms with van der Waals surface area (Å²) in [6, 6.07) is 0.182. The third-order valence-corrected chi connectivity index (χ3v) is 3.36. The Morgan fingerprint density at radius 1 is 1.37 bits per heavy atom. The molecule has 2 fully saturated rings. The van der Waals surface area contributed by atoms with Gasteiger partial charge in [0.05, 0.1) is 25.3 Å². The van der Waals surface area contributed by atoms with Crippen molar-refractivity contribution >= 4 is 6.09 Å². The molecule has 2 rings (SSSR count). The number of rotatable bonds is 1. The molecule has 1 amide bonds. The molecule has 0 radical (unpaired) electrons. The molecule has 2 aliphatic rings. The first kappa shape index (κ1) is 14.1. The minimum Gasteiger partial charge on any atom is -0.444 e. The highest BCUT2D eigenvalue weighted by molar-refractivity contribution is 5.69. The zero-order valence-electron chi connectivity index (χ0n) is 12.0. The van der Waals surface area contributed by atoms with Crippen LogP contribution >= 0.6 is 0 Å². The van der Waals surface area contributed by atoms with E-state index in [-0.39, 0.29) is 18.2 Å². The number of allylic oxidation sites excluding steroid dienone is 2. The quantitative estimate of drug-likeness (QED) is 0.731. The topological polar surface area (TPSA) is 38.8 Å². The molecule has 0 saturated carbocycles. The van der Waals surface area contributed by atoms with E-state index in [9.17, 15) is 4.79 Å². The van der Waals surface area contributed by atoms with Crippen LogP contribution in [-0.2, 0) is 9.47 Å². The average molecular weight is 265 g/mol. The fourth-order valence-electron chi connectivity index (χ4n) is 2.72. The van der Waals surface area contributed by atoms with E-state index in [0.717, 1.165) is 12.8 Å². The Hall–Kier alpha value is -1.29. The van der Waals surface area contributed by atoms with Gasteiger partial charge in [0.15, 0.2) is 0 Å². The summed E-state index contributed by atoms with van der Waals surface area (Å²) in [4.78, 5) is 14.2. The lowest BCUT2D eigenvalue weighted by atomic mass is 9.90. The van der Waals surface area contributed by atoms with Gasteiger partial charge in [-0.1, -0.05) is 24.3 Å². The van der Waals surface area contributed by atoms with Crippen LogP contribution in [0.3, 0.4) is 0 Å². The average Bonchev–Trinajstić information content (AvgIpc) is 2.25. The van der Waals surface area contributed by atoms with Gasteiger partial charge in [-0.05, 0) is 33.6 Å². The minimum atomic E-state index is -0.455. The fourth-order valence-corrected chi connectivity index (χ4v) is 2.72. The van der Waals surface area contributed by atoms with Crippen molar-refractivity contribution in [2.24, 2.45) is 0 Å². The molecular weight excluding hydrogens is 242 g/mol. The molecule has 19 heavy (non-hydrogen) atoms. The van der Waals surface area contributed by atoms with Crippen LogP contribution in [0.5, 0.6) is 0 Å². The number of piperidine rings is 1. The number of carbonyl (C=O) groups is 1. The molecule has 106 valence electrons. The molecule has 2 saturated heterocycles. The van der Waals surface area contributed by atoms with Gasteiger partial charge in [0.2, 0.25) is 0 Å². The second-order valence-electron chi connectivity index (χ2n) is 6.20. The zero-order valence-corrected chi connectivity index (χ0v) is 12.0. The largest absolute Gasteiger partial charge is 0.444 e. The lowest BCUT2D eigenvalue weighted by molar-refractivity contribution is -0.0692. The van der Waals surface area contributed by atoms with Crippen molar-refractivity contribution in [3.8, 4) is 0 Å². The van der Waals surface area contributed by atoms with Gasteiger partial charge in [-0.3, -0.25) is 4.90 Å². The third kappa shape index (κ3) is 3.38. The van der Waals surface area contributed by atoms with Crippen molar-refractivity contribution in [1.82, 2.24) is 4.90 Å². The third-order valence-electron chi connectivity index (χ3n) is 3.36. The first-order chi connectivity index (χ1) is 8.90. The van der Waals surface area contributed by atoms with Crippen molar-refractivity contribution in [2.75, 3.05) is 13.2 Å². The lowest BCUT2D eigenvalue weighted by Crippen LogP contribution is -2.58. The Bertz CT molecular complexity index is 379. The van der Waals surface area contributed by atoms with Crippen LogP contribution in [0.15, 0.2) is 24.3 Å². The number of hydrogen-bond donors (Lipinski definition) is 0. The fraction of sp³-hybridized carbons (Fsp3) is 0.667. The van der Waals surface area contributed by atoms with Crippen LogP contribution in [0.1, 0.15) is 33.6 Å². The highest BCUT2D eigenvalue weighted by Crippen LogP contribution is 2.32. The molecule has 0 N–H and O–H groups in total. The van der Waals surface area contributed by atoms with Gasteiger partial charge in [-0.25, -0.2) is 4.79 Å². The van der Waals surface area contributed by atoms with Gasteiger partial charge in [-0.2, -0.15) is 0 Å². The maximum atomic E-state index is 12.3. The van der Waals surface area contributed by atoms with Crippen LogP contribution in [0.25, 0.3) is 0 Å². The minimum absolute atomic E-state index is 0.0912. The summed E-state index contributed by atoms with van der Waals surface area (Å²) in [6.45, 7) is 10.6. The van der Waals surface area contributed by atoms with E-state index in [4.69, 9.17) is 9.47 Å². The van der Waals surface area contributed by atoms with Crippen LogP contribution in [0.2, 0.25) is 0 Å². The van der Waals surface area contributed by atoms with E-state index in [1.54, 1.807) is 0 Å². The van der Waals surface area contributed by atoms with Crippen molar-refractivity contribution < 1.29 is 14.3 Å². The summed E-state index contributed by atoms with van der Waals surface area (Å²) < 4.78 is 11.1. The molecule has 2 unspecified atom stereocenters. The van der Waals surface area contributed by atoms with Gasteiger partial charge in [-0.15, -0.1) is 0 Å². The summed E-state index contributed by atoms with van der Waals surface area (Å²) in [5.74, 6) is 0. The molecule has 4 heteroatoms. The molecule has 0 spiro atoms. The van der Waals surface area contributed by atoms with Crippen LogP contribution in [-0.4, -0.2) is 41.9 Å². The first-order valence-electron chi connectivity index (χ1n) is 6.80. The summed E-state index contributed by atoms with van der Waals surface area (Å²) in [6.07, 6.45) is 5.35. The number of ether oxygens (including phenoxy) is 2. The van der Waals surface area contributed by atoms with Crippen molar-refractivity contribution in [1.29, 1.82) is 0 Å². The highest BCUT2D eigenvalue weighted by atomic mass is 16.6. The number of carbonyl (C=O) groups excluding carboxylic acids is 1. The summed E-state index contributed by atoms with van der Waals surface area (Å²) in [7, 11) is 0. The van der Waals surface area contributed by atoms with Gasteiger partial charge in [0, 0.05) is 0 Å². The summed E-state index contributed by atoms with van der Waals surface area (Å²) >= 11 is 0. The SMILES string of the molecule is C=CC=C1CC2COCC(C1)N2C(=O)OC(C)(C)C.